The number of ether oxygens (including phenoxy) is 3. The van der Waals surface area contributed by atoms with Gasteiger partial charge in [0, 0.05) is 36.7 Å². The van der Waals surface area contributed by atoms with Crippen molar-refractivity contribution >= 4 is 52.8 Å². The highest BCUT2D eigenvalue weighted by atomic mass is 31.3. The summed E-state index contributed by atoms with van der Waals surface area (Å²) in [5, 5.41) is 28.9. The van der Waals surface area contributed by atoms with Crippen molar-refractivity contribution in [2.75, 3.05) is 33.0 Å². The van der Waals surface area contributed by atoms with E-state index in [9.17, 15) is 76.2 Å². The maximum absolute atomic E-state index is 12.3. The van der Waals surface area contributed by atoms with E-state index in [2.05, 4.69) is 56.3 Å². The van der Waals surface area contributed by atoms with Gasteiger partial charge in [0.2, 0.25) is 11.7 Å². The number of nitrogens with zero attached hydrogens (tertiary/aromatic N) is 5. The summed E-state index contributed by atoms with van der Waals surface area (Å²) in [6, 6.07) is 7.56. The minimum absolute atomic E-state index is 0.0512. The Bertz CT molecular complexity index is 2790. The van der Waals surface area contributed by atoms with E-state index < -0.39 is 95.4 Å². The monoisotopic (exact) mass is 1180 g/mol. The molecule has 0 saturated carbocycles. The number of aromatic nitrogens is 6. The molecule has 1 aliphatic heterocycles. The Hall–Kier alpha value is -2.99. The van der Waals surface area contributed by atoms with E-state index in [-0.39, 0.29) is 50.0 Å². The molecule has 0 aliphatic carbocycles. The van der Waals surface area contributed by atoms with E-state index in [0.29, 0.717) is 43.9 Å². The zero-order valence-electron chi connectivity index (χ0n) is 40.0. The number of amides is 1. The van der Waals surface area contributed by atoms with Crippen molar-refractivity contribution in [2.45, 2.75) is 110 Å². The van der Waals surface area contributed by atoms with Crippen LogP contribution in [0.2, 0.25) is 0 Å². The van der Waals surface area contributed by atoms with Crippen LogP contribution in [0.5, 0.6) is 0 Å². The van der Waals surface area contributed by atoms with Gasteiger partial charge in [-0.15, -0.1) is 20.4 Å². The molecule has 0 spiro atoms. The molecular formula is C35H57N7O26P6. The van der Waals surface area contributed by atoms with Crippen molar-refractivity contribution < 1.29 is 111 Å². The topological polar surface area (TPSA) is 472 Å². The first-order valence-electron chi connectivity index (χ1n) is 21.8. The SMILES string of the molecule is Cc1nnc(-c2ccc(C(C)(C)OCCC(C)OCCC(=O)NCCCCCCOP(=O)(O)OP(=O)(O)OP(=O)(O)OP(=O)(O)OP(=O)(O)OP(=O)(O)OCC3O[C@@H](n4cc(C)c(=O)[nH]c4=O)C[C@H]3O)cc2)nn1. The van der Waals surface area contributed by atoms with E-state index in [1.165, 1.54) is 6.92 Å². The van der Waals surface area contributed by atoms with Crippen molar-refractivity contribution in [3.63, 3.8) is 0 Å². The Labute approximate surface area is 420 Å². The van der Waals surface area contributed by atoms with Crippen molar-refractivity contribution in [3.8, 4) is 11.4 Å². The molecule has 8 unspecified atom stereocenters. The van der Waals surface area contributed by atoms with E-state index in [4.69, 9.17) is 14.2 Å². The van der Waals surface area contributed by atoms with Crippen LogP contribution < -0.4 is 16.6 Å². The molecule has 39 heteroatoms. The molecule has 2 aromatic heterocycles. The Morgan fingerprint density at radius 1 is 0.784 bits per heavy atom. The minimum Gasteiger partial charge on any atom is -0.390 e. The molecule has 1 aliphatic rings. The maximum Gasteiger partial charge on any atom is 0.490 e. The van der Waals surface area contributed by atoms with Gasteiger partial charge in [-0.3, -0.25) is 28.2 Å². The lowest BCUT2D eigenvalue weighted by Gasteiger charge is -2.27. The number of aliphatic hydroxyl groups excluding tert-OH is 1. The summed E-state index contributed by atoms with van der Waals surface area (Å²) < 4.78 is 119. The normalized spacial score (nSPS) is 21.5. The van der Waals surface area contributed by atoms with Crippen LogP contribution in [0.25, 0.3) is 11.4 Å². The number of aliphatic hydroxyl groups is 1. The quantitative estimate of drug-likeness (QED) is 0.0318. The molecule has 1 aromatic carbocycles. The smallest absolute Gasteiger partial charge is 0.390 e. The second-order valence-electron chi connectivity index (χ2n) is 16.5. The number of nitrogens with one attached hydrogen (secondary N) is 2. The number of phosphoric ester groups is 2. The van der Waals surface area contributed by atoms with Crippen LogP contribution in [0.3, 0.4) is 0 Å². The molecule has 1 saturated heterocycles. The molecule has 418 valence electrons. The third-order valence-corrected chi connectivity index (χ3v) is 19.1. The van der Waals surface area contributed by atoms with Gasteiger partial charge in [-0.25, -0.2) is 32.2 Å². The molecule has 10 atom stereocenters. The van der Waals surface area contributed by atoms with Crippen molar-refractivity contribution in [1.29, 1.82) is 0 Å². The number of aryl methyl sites for hydroxylation is 2. The fourth-order valence-electron chi connectivity index (χ4n) is 6.25. The molecule has 1 fully saturated rings. The number of carbonyl (C=O) groups is 1. The standard InChI is InChI=1S/C35H57N7O26P6/c1-23-21-42(34(46)37-33(23)45)31-20-28(43)29(63-31)22-62-70(49,50)65-72(53,54)67-74(57,58)68-73(55,56)66-71(51,52)64-69(47,48)61-17-9-7-6-8-16-36-30(44)15-18-59-24(2)14-19-60-35(4,5)27-12-10-26(11-13-27)32-40-38-25(3)39-41-32/h10-13,21,24,28-29,31,43H,6-9,14-20,22H2,1-5H3,(H,36,44)(H,47,48)(H,49,50)(H,51,52)(H,53,54)(H,55,56)(H,57,58)(H,37,45,46)/t24?,28-,29?,31-/m1/s1. The van der Waals surface area contributed by atoms with Crippen LogP contribution in [-0.4, -0.2) is 122 Å². The lowest BCUT2D eigenvalue weighted by atomic mass is 9.96. The van der Waals surface area contributed by atoms with Gasteiger partial charge in [-0.05, 0) is 59.4 Å². The number of H-pyrrole nitrogens is 1. The van der Waals surface area contributed by atoms with Gasteiger partial charge in [0.25, 0.3) is 5.56 Å². The van der Waals surface area contributed by atoms with Crippen LogP contribution in [0.15, 0.2) is 40.1 Å². The summed E-state index contributed by atoms with van der Waals surface area (Å²) in [6.45, 7) is 7.92. The fraction of sp³-hybridized carbons (Fsp3) is 0.629. The van der Waals surface area contributed by atoms with E-state index >= 15 is 0 Å². The van der Waals surface area contributed by atoms with Gasteiger partial charge in [0.05, 0.1) is 44.2 Å². The molecule has 9 N–H and O–H groups in total. The fourth-order valence-corrected chi connectivity index (χ4v) is 14.1. The molecule has 33 nitrogen and oxygen atoms in total. The average Bonchev–Trinajstić information content (AvgIpc) is 3.62. The van der Waals surface area contributed by atoms with E-state index in [0.717, 1.165) is 21.9 Å². The lowest BCUT2D eigenvalue weighted by Crippen LogP contribution is -2.33. The molecule has 0 radical (unpaired) electrons. The highest BCUT2D eigenvalue weighted by molar-refractivity contribution is 7.72. The molecule has 3 heterocycles. The number of hydrogen-bond acceptors (Lipinski definition) is 24. The Balaban J connectivity index is 1.06. The van der Waals surface area contributed by atoms with Crippen molar-refractivity contribution in [3.05, 3.63) is 68.3 Å². The second kappa shape index (κ2) is 27.1. The number of phosphoric acid groups is 6. The number of benzene rings is 1. The van der Waals surface area contributed by atoms with Gasteiger partial charge >= 0.3 is 52.6 Å². The lowest BCUT2D eigenvalue weighted by molar-refractivity contribution is -0.122. The van der Waals surface area contributed by atoms with Gasteiger partial charge in [-0.1, -0.05) is 37.1 Å². The number of hydrogen-bond donors (Lipinski definition) is 9. The Morgan fingerprint density at radius 2 is 1.32 bits per heavy atom. The van der Waals surface area contributed by atoms with Crippen LogP contribution in [0.4, 0.5) is 0 Å². The number of rotatable bonds is 32. The van der Waals surface area contributed by atoms with Crippen LogP contribution in [-0.2, 0) is 82.6 Å². The summed E-state index contributed by atoms with van der Waals surface area (Å²) in [7, 11) is -37.0. The Kier molecular flexibility index (Phi) is 23.2. The summed E-state index contributed by atoms with van der Waals surface area (Å²) in [5.74, 6) is 0.615. The Morgan fingerprint density at radius 3 is 1.91 bits per heavy atom. The molecule has 0 bridgehead atoms. The first kappa shape index (κ1) is 63.5. The van der Waals surface area contributed by atoms with Crippen molar-refractivity contribution in [2.24, 2.45) is 0 Å². The number of carbonyl (C=O) groups excluding carboxylic acids is 1. The molecular weight excluding hydrogens is 1120 g/mol. The highest BCUT2D eigenvalue weighted by Gasteiger charge is 2.50. The zero-order valence-corrected chi connectivity index (χ0v) is 45.4. The average molecular weight is 1180 g/mol. The highest BCUT2D eigenvalue weighted by Crippen LogP contribution is 2.75. The first-order valence-corrected chi connectivity index (χ1v) is 30.8. The van der Waals surface area contributed by atoms with Gasteiger partial charge in [-0.2, -0.15) is 21.6 Å². The van der Waals surface area contributed by atoms with Crippen LogP contribution in [0.1, 0.15) is 88.9 Å². The molecule has 3 aromatic rings. The maximum atomic E-state index is 12.3. The third-order valence-electron chi connectivity index (χ3n) is 9.88. The first-order chi connectivity index (χ1) is 34.2. The summed E-state index contributed by atoms with van der Waals surface area (Å²) in [5.41, 5.74) is -0.472. The van der Waals surface area contributed by atoms with E-state index in [1.54, 1.807) is 6.92 Å². The van der Waals surface area contributed by atoms with Crippen LogP contribution >= 0.6 is 46.9 Å². The number of unbranched alkanes of at least 4 members (excludes halogenated alkanes) is 3. The van der Waals surface area contributed by atoms with Crippen molar-refractivity contribution in [1.82, 2.24) is 35.3 Å². The van der Waals surface area contributed by atoms with Gasteiger partial charge < -0.3 is 54.0 Å². The molecule has 1 amide bonds. The predicted molar refractivity (Wildman–Crippen MR) is 250 cm³/mol. The molecule has 74 heavy (non-hydrogen) atoms. The largest absolute Gasteiger partial charge is 0.490 e. The third kappa shape index (κ3) is 22.2. The van der Waals surface area contributed by atoms with Crippen LogP contribution in [0, 0.1) is 13.8 Å². The summed E-state index contributed by atoms with van der Waals surface area (Å²) in [6.07, 6.45) is -1.70. The number of aromatic amines is 1. The zero-order chi connectivity index (χ0) is 55.3. The second-order valence-corrected chi connectivity index (χ2v) is 25.9. The minimum atomic E-state index is -6.51. The predicted octanol–water partition coefficient (Wildman–Crippen LogP) is 3.58. The summed E-state index contributed by atoms with van der Waals surface area (Å²) >= 11 is 0. The molecule has 4 rings (SSSR count). The van der Waals surface area contributed by atoms with E-state index in [1.807, 2.05) is 50.0 Å². The van der Waals surface area contributed by atoms with Gasteiger partial charge in [0.1, 0.15) is 12.3 Å². The van der Waals surface area contributed by atoms with Gasteiger partial charge in [0.15, 0.2) is 5.82 Å². The summed E-state index contributed by atoms with van der Waals surface area (Å²) in [4.78, 5) is 96.8.